The molecule has 0 spiro atoms. The fourth-order valence-corrected chi connectivity index (χ4v) is 3.53. The molecule has 1 unspecified atom stereocenters. The summed E-state index contributed by atoms with van der Waals surface area (Å²) in [5.41, 5.74) is 6.57. The highest BCUT2D eigenvalue weighted by Gasteiger charge is 2.26. The number of anilines is 3. The number of hydrogen-bond acceptors (Lipinski definition) is 8. The van der Waals surface area contributed by atoms with Gasteiger partial charge in [0.15, 0.2) is 11.6 Å². The Balaban J connectivity index is 1.73. The molecule has 0 aliphatic carbocycles. The molecule has 30 heavy (non-hydrogen) atoms. The number of alkyl halides is 3. The predicted molar refractivity (Wildman–Crippen MR) is 106 cm³/mol. The van der Waals surface area contributed by atoms with E-state index in [2.05, 4.69) is 24.6 Å². The second-order valence-corrected chi connectivity index (χ2v) is 7.18. The second-order valence-electron chi connectivity index (χ2n) is 7.18. The lowest BCUT2D eigenvalue weighted by Crippen LogP contribution is -2.29. The first kappa shape index (κ1) is 20.5. The molecule has 0 saturated carbocycles. The summed E-state index contributed by atoms with van der Waals surface area (Å²) in [6.45, 7) is 0.346. The third kappa shape index (κ3) is 4.66. The third-order valence-electron chi connectivity index (χ3n) is 5.05. The molecule has 2 saturated heterocycles. The first-order chi connectivity index (χ1) is 14.5. The van der Waals surface area contributed by atoms with Gasteiger partial charge in [-0.05, 0) is 18.9 Å². The van der Waals surface area contributed by atoms with Gasteiger partial charge in [0.1, 0.15) is 12.0 Å². The second kappa shape index (κ2) is 8.90. The van der Waals surface area contributed by atoms with Crippen molar-refractivity contribution in [2.45, 2.75) is 25.6 Å². The van der Waals surface area contributed by atoms with Crippen LogP contribution in [-0.4, -0.2) is 67.1 Å². The lowest BCUT2D eigenvalue weighted by Gasteiger charge is -2.24. The average molecular weight is 424 g/mol. The van der Waals surface area contributed by atoms with Gasteiger partial charge in [0.05, 0.1) is 18.8 Å². The van der Waals surface area contributed by atoms with Crippen molar-refractivity contribution in [3.63, 3.8) is 0 Å². The summed E-state index contributed by atoms with van der Waals surface area (Å²) in [6.07, 6.45) is 1.77. The van der Waals surface area contributed by atoms with Crippen molar-refractivity contribution in [3.05, 3.63) is 18.3 Å². The maximum atomic E-state index is 13.8. The highest BCUT2D eigenvalue weighted by Crippen LogP contribution is 2.31. The van der Waals surface area contributed by atoms with Crippen molar-refractivity contribution in [2.75, 3.05) is 54.9 Å². The molecule has 2 aromatic rings. The lowest BCUT2D eigenvalue weighted by atomic mass is 10.2. The van der Waals surface area contributed by atoms with Gasteiger partial charge in [-0.15, -0.1) is 0 Å². The summed E-state index contributed by atoms with van der Waals surface area (Å²) < 4.78 is 49.1. The fraction of sp³-hybridized carbons (Fsp3) is 0.526. The van der Waals surface area contributed by atoms with Gasteiger partial charge in [-0.3, -0.25) is 0 Å². The summed E-state index contributed by atoms with van der Waals surface area (Å²) >= 11 is 0. The van der Waals surface area contributed by atoms with E-state index in [-0.39, 0.29) is 18.1 Å². The van der Waals surface area contributed by atoms with Crippen molar-refractivity contribution >= 4 is 17.6 Å². The van der Waals surface area contributed by atoms with Gasteiger partial charge in [0, 0.05) is 44.1 Å². The number of ether oxygens (including phenoxy) is 2. The standard InChI is InChI=1S/C19H23F3N6O2/c20-13-2-4-28(11-13)19-25-14(9-16(26-19)27-3-1-6-29-7-5-27)12-8-15(30-18(21)22)17(23)24-10-12/h8-10,13,18H,1-7,11H2,(H2,23,24). The Labute approximate surface area is 171 Å². The summed E-state index contributed by atoms with van der Waals surface area (Å²) in [5, 5.41) is 0. The van der Waals surface area contributed by atoms with E-state index in [1.807, 2.05) is 0 Å². The normalized spacial score (nSPS) is 19.9. The molecule has 0 aromatic carbocycles. The molecule has 2 aliphatic rings. The molecule has 2 aromatic heterocycles. The summed E-state index contributed by atoms with van der Waals surface area (Å²) in [7, 11) is 0. The Morgan fingerprint density at radius 1 is 1.13 bits per heavy atom. The number of hydrogen-bond donors (Lipinski definition) is 1. The van der Waals surface area contributed by atoms with Crippen LogP contribution in [0.25, 0.3) is 11.3 Å². The van der Waals surface area contributed by atoms with Gasteiger partial charge >= 0.3 is 6.61 Å². The maximum absolute atomic E-state index is 13.8. The first-order valence-corrected chi connectivity index (χ1v) is 9.81. The van der Waals surface area contributed by atoms with Gasteiger partial charge in [0.25, 0.3) is 0 Å². The number of pyridine rings is 1. The summed E-state index contributed by atoms with van der Waals surface area (Å²) in [5.74, 6) is 0.687. The molecule has 2 fully saturated rings. The van der Waals surface area contributed by atoms with Crippen LogP contribution in [-0.2, 0) is 4.74 Å². The zero-order valence-electron chi connectivity index (χ0n) is 16.3. The number of nitrogens with two attached hydrogens (primary N) is 1. The predicted octanol–water partition coefficient (Wildman–Crippen LogP) is 2.50. The van der Waals surface area contributed by atoms with E-state index in [1.54, 1.807) is 11.0 Å². The fourth-order valence-electron chi connectivity index (χ4n) is 3.53. The Morgan fingerprint density at radius 3 is 2.77 bits per heavy atom. The van der Waals surface area contributed by atoms with Crippen LogP contribution in [0.2, 0.25) is 0 Å². The quantitative estimate of drug-likeness (QED) is 0.783. The van der Waals surface area contributed by atoms with Crippen molar-refractivity contribution in [3.8, 4) is 17.0 Å². The molecule has 162 valence electrons. The van der Waals surface area contributed by atoms with Crippen LogP contribution in [0.15, 0.2) is 18.3 Å². The maximum Gasteiger partial charge on any atom is 0.387 e. The van der Waals surface area contributed by atoms with Gasteiger partial charge < -0.3 is 25.0 Å². The molecule has 8 nitrogen and oxygen atoms in total. The Kier molecular flexibility index (Phi) is 6.07. The number of halogens is 3. The minimum Gasteiger partial charge on any atom is -0.431 e. The van der Waals surface area contributed by atoms with E-state index in [1.165, 1.54) is 12.3 Å². The van der Waals surface area contributed by atoms with Crippen LogP contribution in [0.1, 0.15) is 12.8 Å². The van der Waals surface area contributed by atoms with E-state index in [0.29, 0.717) is 55.7 Å². The van der Waals surface area contributed by atoms with Gasteiger partial charge in [-0.2, -0.15) is 13.8 Å². The Morgan fingerprint density at radius 2 is 2.00 bits per heavy atom. The molecule has 0 amide bonds. The number of nitrogens with zero attached hydrogens (tertiary/aromatic N) is 5. The summed E-state index contributed by atoms with van der Waals surface area (Å²) in [4.78, 5) is 17.0. The molecule has 1 atom stereocenters. The highest BCUT2D eigenvalue weighted by molar-refractivity contribution is 5.68. The van der Waals surface area contributed by atoms with Crippen LogP contribution in [0.3, 0.4) is 0 Å². The smallest absolute Gasteiger partial charge is 0.387 e. The van der Waals surface area contributed by atoms with Crippen molar-refractivity contribution in [2.24, 2.45) is 0 Å². The Hall–Kier alpha value is -2.82. The molecule has 4 heterocycles. The van der Waals surface area contributed by atoms with Crippen LogP contribution >= 0.6 is 0 Å². The SMILES string of the molecule is Nc1ncc(-c2cc(N3CCCOCC3)nc(N3CCC(F)C3)n2)cc1OC(F)F. The molecule has 2 aliphatic heterocycles. The first-order valence-electron chi connectivity index (χ1n) is 9.81. The molecule has 2 N–H and O–H groups in total. The topological polar surface area (TPSA) is 89.6 Å². The molecule has 0 radical (unpaired) electrons. The van der Waals surface area contributed by atoms with E-state index >= 15 is 0 Å². The molecule has 11 heteroatoms. The van der Waals surface area contributed by atoms with Crippen LogP contribution in [0.4, 0.5) is 30.8 Å². The minimum atomic E-state index is -3.02. The highest BCUT2D eigenvalue weighted by atomic mass is 19.3. The van der Waals surface area contributed by atoms with E-state index < -0.39 is 12.8 Å². The number of rotatable bonds is 5. The zero-order valence-corrected chi connectivity index (χ0v) is 16.3. The van der Waals surface area contributed by atoms with Crippen molar-refractivity contribution in [1.29, 1.82) is 0 Å². The van der Waals surface area contributed by atoms with Crippen molar-refractivity contribution < 1.29 is 22.6 Å². The molecular weight excluding hydrogens is 401 g/mol. The average Bonchev–Trinajstić information content (AvgIpc) is 2.98. The molecule has 4 rings (SSSR count). The molecular formula is C19H23F3N6O2. The van der Waals surface area contributed by atoms with Crippen LogP contribution in [0, 0.1) is 0 Å². The third-order valence-corrected chi connectivity index (χ3v) is 5.05. The van der Waals surface area contributed by atoms with Crippen LogP contribution in [0.5, 0.6) is 5.75 Å². The summed E-state index contributed by atoms with van der Waals surface area (Å²) in [6, 6.07) is 3.13. The molecule has 0 bridgehead atoms. The van der Waals surface area contributed by atoms with Gasteiger partial charge in [0.2, 0.25) is 5.95 Å². The zero-order chi connectivity index (χ0) is 21.1. The monoisotopic (exact) mass is 424 g/mol. The van der Waals surface area contributed by atoms with E-state index in [4.69, 9.17) is 10.5 Å². The van der Waals surface area contributed by atoms with Crippen molar-refractivity contribution in [1.82, 2.24) is 15.0 Å². The van der Waals surface area contributed by atoms with Gasteiger partial charge in [-0.1, -0.05) is 0 Å². The number of nitrogen functional groups attached to an aromatic ring is 1. The number of aromatic nitrogens is 3. The van der Waals surface area contributed by atoms with Gasteiger partial charge in [-0.25, -0.2) is 14.4 Å². The largest absolute Gasteiger partial charge is 0.431 e. The Bertz CT molecular complexity index is 879. The minimum absolute atomic E-state index is 0.141. The van der Waals surface area contributed by atoms with Crippen LogP contribution < -0.4 is 20.3 Å². The van der Waals surface area contributed by atoms with E-state index in [0.717, 1.165) is 13.0 Å². The van der Waals surface area contributed by atoms with E-state index in [9.17, 15) is 13.2 Å². The lowest BCUT2D eigenvalue weighted by molar-refractivity contribution is -0.0494.